The molecule has 2 aromatic heterocycles. The molecule has 9 heteroatoms. The normalized spacial score (nSPS) is 10.7. The van der Waals surface area contributed by atoms with Gasteiger partial charge in [-0.15, -0.1) is 11.3 Å². The predicted molar refractivity (Wildman–Crippen MR) is 120 cm³/mol. The first-order valence-corrected chi connectivity index (χ1v) is 10.7. The molecular formula is C23H16ClFN2O4S. The van der Waals surface area contributed by atoms with E-state index < -0.39 is 17.7 Å². The Kier molecular flexibility index (Phi) is 6.34. The maximum atomic E-state index is 14.2. The van der Waals surface area contributed by atoms with E-state index in [1.54, 1.807) is 35.7 Å². The minimum absolute atomic E-state index is 0.0205. The Morgan fingerprint density at radius 1 is 1.12 bits per heavy atom. The summed E-state index contributed by atoms with van der Waals surface area (Å²) in [5.41, 5.74) is 1.18. The van der Waals surface area contributed by atoms with E-state index in [1.165, 1.54) is 36.1 Å². The molecule has 4 aromatic rings. The number of anilines is 2. The lowest BCUT2D eigenvalue weighted by atomic mass is 10.2. The van der Waals surface area contributed by atoms with Gasteiger partial charge in [0.05, 0.1) is 16.4 Å². The molecule has 162 valence electrons. The van der Waals surface area contributed by atoms with Gasteiger partial charge in [0.25, 0.3) is 0 Å². The molecule has 0 unspecified atom stereocenters. The third-order valence-electron chi connectivity index (χ3n) is 4.44. The number of nitrogens with zero attached hydrogens (tertiary/aromatic N) is 2. The van der Waals surface area contributed by atoms with Crippen LogP contribution in [0.5, 0.6) is 0 Å². The van der Waals surface area contributed by atoms with Gasteiger partial charge >= 0.3 is 5.97 Å². The van der Waals surface area contributed by atoms with Crippen molar-refractivity contribution < 1.29 is 23.1 Å². The summed E-state index contributed by atoms with van der Waals surface area (Å²) in [6, 6.07) is 16.2. The second-order valence-corrected chi connectivity index (χ2v) is 7.89. The number of furan rings is 1. The number of aromatic nitrogens is 1. The number of carbonyl (C=O) groups is 2. The van der Waals surface area contributed by atoms with Gasteiger partial charge in [0.15, 0.2) is 5.13 Å². The average Bonchev–Trinajstić information content (AvgIpc) is 3.44. The number of hydrogen-bond donors (Lipinski definition) is 0. The van der Waals surface area contributed by atoms with Crippen LogP contribution in [0.4, 0.5) is 15.2 Å². The van der Waals surface area contributed by atoms with Gasteiger partial charge in [-0.05, 0) is 36.4 Å². The molecule has 0 aliphatic heterocycles. The molecule has 0 bridgehead atoms. The lowest BCUT2D eigenvalue weighted by molar-refractivity contribution is -0.115. The fraction of sp³-hybridized carbons (Fsp3) is 0.0870. The van der Waals surface area contributed by atoms with E-state index in [1.807, 2.05) is 6.07 Å². The number of amides is 1. The van der Waals surface area contributed by atoms with Crippen LogP contribution in [0.2, 0.25) is 5.02 Å². The van der Waals surface area contributed by atoms with Gasteiger partial charge in [-0.3, -0.25) is 9.69 Å². The quantitative estimate of drug-likeness (QED) is 0.312. The summed E-state index contributed by atoms with van der Waals surface area (Å²) in [5.74, 6) is -1.14. The summed E-state index contributed by atoms with van der Waals surface area (Å²) in [6.07, 6.45) is 0. The van der Waals surface area contributed by atoms with Crippen molar-refractivity contribution in [2.24, 2.45) is 0 Å². The Balaban J connectivity index is 1.45. The third-order valence-corrected chi connectivity index (χ3v) is 5.64. The maximum absolute atomic E-state index is 14.2. The molecule has 2 aromatic carbocycles. The number of halogens is 2. The molecule has 0 aliphatic rings. The fourth-order valence-corrected chi connectivity index (χ4v) is 4.06. The van der Waals surface area contributed by atoms with E-state index in [9.17, 15) is 14.0 Å². The molecule has 0 spiro atoms. The van der Waals surface area contributed by atoms with Crippen molar-refractivity contribution in [2.45, 2.75) is 13.5 Å². The summed E-state index contributed by atoms with van der Waals surface area (Å²) in [4.78, 5) is 30.0. The van der Waals surface area contributed by atoms with Crippen molar-refractivity contribution in [3.8, 4) is 11.3 Å². The van der Waals surface area contributed by atoms with E-state index in [2.05, 4.69) is 4.98 Å². The fourth-order valence-electron chi connectivity index (χ4n) is 2.97. The number of hydrogen-bond acceptors (Lipinski definition) is 6. The predicted octanol–water partition coefficient (Wildman–Crippen LogP) is 6.24. The highest BCUT2D eigenvalue weighted by Crippen LogP contribution is 2.31. The van der Waals surface area contributed by atoms with Crippen LogP contribution in [0, 0.1) is 5.82 Å². The van der Waals surface area contributed by atoms with Gasteiger partial charge in [0.2, 0.25) is 11.7 Å². The van der Waals surface area contributed by atoms with Gasteiger partial charge in [-0.25, -0.2) is 14.2 Å². The summed E-state index contributed by atoms with van der Waals surface area (Å²) >= 11 is 7.30. The van der Waals surface area contributed by atoms with Crippen LogP contribution in [0.3, 0.4) is 0 Å². The first-order chi connectivity index (χ1) is 15.4. The molecule has 0 saturated carbocycles. The Bertz CT molecular complexity index is 1290. The molecule has 6 nitrogen and oxygen atoms in total. The van der Waals surface area contributed by atoms with Crippen LogP contribution < -0.4 is 4.90 Å². The summed E-state index contributed by atoms with van der Waals surface area (Å²) < 4.78 is 25.0. The second-order valence-electron chi connectivity index (χ2n) is 6.65. The lowest BCUT2D eigenvalue weighted by Crippen LogP contribution is -2.23. The van der Waals surface area contributed by atoms with Crippen molar-refractivity contribution in [3.05, 3.63) is 88.3 Å². The molecule has 32 heavy (non-hydrogen) atoms. The monoisotopic (exact) mass is 470 g/mol. The zero-order valence-electron chi connectivity index (χ0n) is 16.7. The summed E-state index contributed by atoms with van der Waals surface area (Å²) in [6.45, 7) is 1.18. The summed E-state index contributed by atoms with van der Waals surface area (Å²) in [5, 5.41) is 2.41. The smallest absolute Gasteiger partial charge is 0.374 e. The number of esters is 1. The van der Waals surface area contributed by atoms with Crippen molar-refractivity contribution in [3.63, 3.8) is 0 Å². The standard InChI is InChI=1S/C23H16ClFN2O4S/c1-14(28)27(19-9-5-4-8-18(19)25)23-26-15(13-32-23)12-30-22(29)21-11-10-20(31-21)16-6-2-3-7-17(16)24/h2-11,13H,12H2,1H3. The molecule has 0 radical (unpaired) electrons. The number of ether oxygens (including phenoxy) is 1. The third kappa shape index (κ3) is 4.56. The first-order valence-electron chi connectivity index (χ1n) is 9.45. The number of thiazole rings is 1. The minimum atomic E-state index is -0.671. The van der Waals surface area contributed by atoms with E-state index in [0.717, 1.165) is 11.3 Å². The maximum Gasteiger partial charge on any atom is 0.374 e. The Labute approximate surface area is 191 Å². The minimum Gasteiger partial charge on any atom is -0.453 e. The van der Waals surface area contributed by atoms with E-state index in [4.69, 9.17) is 20.8 Å². The molecule has 0 aliphatic carbocycles. The van der Waals surface area contributed by atoms with Crippen LogP contribution >= 0.6 is 22.9 Å². The van der Waals surface area contributed by atoms with E-state index in [0.29, 0.717) is 22.0 Å². The van der Waals surface area contributed by atoms with Crippen LogP contribution in [-0.2, 0) is 16.1 Å². The SMILES string of the molecule is CC(=O)N(c1nc(COC(=O)c2ccc(-c3ccccc3Cl)o2)cs1)c1ccccc1F. The van der Waals surface area contributed by atoms with Crippen molar-refractivity contribution in [1.29, 1.82) is 0 Å². The molecule has 2 heterocycles. The second kappa shape index (κ2) is 9.33. The highest BCUT2D eigenvalue weighted by Gasteiger charge is 2.21. The van der Waals surface area contributed by atoms with Gasteiger partial charge in [0, 0.05) is 17.9 Å². The number of para-hydroxylation sites is 1. The van der Waals surface area contributed by atoms with Crippen molar-refractivity contribution in [2.75, 3.05) is 4.90 Å². The van der Waals surface area contributed by atoms with E-state index in [-0.39, 0.29) is 23.2 Å². The zero-order chi connectivity index (χ0) is 22.7. The summed E-state index contributed by atoms with van der Waals surface area (Å²) in [7, 11) is 0. The van der Waals surface area contributed by atoms with Gasteiger partial charge in [0.1, 0.15) is 18.2 Å². The largest absolute Gasteiger partial charge is 0.453 e. The number of rotatable bonds is 6. The lowest BCUT2D eigenvalue weighted by Gasteiger charge is -2.18. The van der Waals surface area contributed by atoms with Crippen LogP contribution in [0.15, 0.2) is 70.5 Å². The van der Waals surface area contributed by atoms with Gasteiger partial charge in [-0.1, -0.05) is 35.9 Å². The molecular weight excluding hydrogens is 455 g/mol. The molecule has 0 saturated heterocycles. The highest BCUT2D eigenvalue weighted by atomic mass is 35.5. The Morgan fingerprint density at radius 3 is 2.62 bits per heavy atom. The molecule has 0 atom stereocenters. The molecule has 0 N–H and O–H groups in total. The van der Waals surface area contributed by atoms with Gasteiger partial charge in [-0.2, -0.15) is 0 Å². The van der Waals surface area contributed by atoms with E-state index >= 15 is 0 Å². The molecule has 0 fully saturated rings. The Hall–Kier alpha value is -3.49. The van der Waals surface area contributed by atoms with Crippen molar-refractivity contribution in [1.82, 2.24) is 4.98 Å². The average molecular weight is 471 g/mol. The first kappa shape index (κ1) is 21.7. The van der Waals surface area contributed by atoms with Crippen molar-refractivity contribution >= 4 is 45.6 Å². The molecule has 4 rings (SSSR count). The number of carbonyl (C=O) groups excluding carboxylic acids is 2. The number of benzene rings is 2. The topological polar surface area (TPSA) is 72.6 Å². The van der Waals surface area contributed by atoms with Gasteiger partial charge < -0.3 is 9.15 Å². The van der Waals surface area contributed by atoms with Crippen LogP contribution in [-0.4, -0.2) is 16.9 Å². The molecule has 1 amide bonds. The highest BCUT2D eigenvalue weighted by molar-refractivity contribution is 7.14. The zero-order valence-corrected chi connectivity index (χ0v) is 18.3. The Morgan fingerprint density at radius 2 is 1.88 bits per heavy atom. The van der Waals surface area contributed by atoms with Crippen LogP contribution in [0.25, 0.3) is 11.3 Å². The van der Waals surface area contributed by atoms with Crippen LogP contribution in [0.1, 0.15) is 23.2 Å².